The van der Waals surface area contributed by atoms with Gasteiger partial charge in [-0.1, -0.05) is 67.4 Å². The number of amides is 2. The first-order valence-electron chi connectivity index (χ1n) is 13.4. The van der Waals surface area contributed by atoms with Crippen LogP contribution in [0.3, 0.4) is 0 Å². The minimum Gasteiger partial charge on any atom is -0.377 e. The Morgan fingerprint density at radius 3 is 2.41 bits per heavy atom. The van der Waals surface area contributed by atoms with E-state index in [1.54, 1.807) is 18.2 Å². The van der Waals surface area contributed by atoms with Crippen molar-refractivity contribution in [2.24, 2.45) is 11.8 Å². The molecular formula is C31H32FN3O2. The van der Waals surface area contributed by atoms with E-state index in [9.17, 15) is 14.0 Å². The molecule has 2 amide bonds. The van der Waals surface area contributed by atoms with Crippen molar-refractivity contribution in [3.05, 3.63) is 101 Å². The fourth-order valence-corrected chi connectivity index (χ4v) is 6.64. The number of likely N-dealkylation sites (tertiary alicyclic amines) is 1. The number of hydrogen-bond acceptors (Lipinski definition) is 3. The predicted octanol–water partition coefficient (Wildman–Crippen LogP) is 5.87. The molecule has 0 aromatic heterocycles. The van der Waals surface area contributed by atoms with Crippen LogP contribution in [0.15, 0.2) is 78.9 Å². The molecular weight excluding hydrogens is 465 g/mol. The third-order valence-electron chi connectivity index (χ3n) is 8.40. The first-order valence-corrected chi connectivity index (χ1v) is 13.4. The van der Waals surface area contributed by atoms with Crippen LogP contribution in [0.25, 0.3) is 0 Å². The van der Waals surface area contributed by atoms with Crippen LogP contribution in [0.5, 0.6) is 0 Å². The van der Waals surface area contributed by atoms with E-state index in [1.807, 2.05) is 47.4 Å². The predicted molar refractivity (Wildman–Crippen MR) is 141 cm³/mol. The highest BCUT2D eigenvalue weighted by atomic mass is 19.1. The van der Waals surface area contributed by atoms with Gasteiger partial charge in [0.1, 0.15) is 5.82 Å². The van der Waals surface area contributed by atoms with Crippen LogP contribution in [0.2, 0.25) is 0 Å². The molecule has 1 saturated carbocycles. The fraction of sp³-hybridized carbons (Fsp3) is 0.355. The van der Waals surface area contributed by atoms with Crippen molar-refractivity contribution in [2.45, 2.75) is 50.2 Å². The lowest BCUT2D eigenvalue weighted by atomic mass is 9.79. The highest BCUT2D eigenvalue weighted by molar-refractivity contribution is 5.95. The van der Waals surface area contributed by atoms with Gasteiger partial charge < -0.3 is 15.5 Å². The molecule has 3 aromatic carbocycles. The highest BCUT2D eigenvalue weighted by Crippen LogP contribution is 2.52. The van der Waals surface area contributed by atoms with E-state index in [4.69, 9.17) is 0 Å². The summed E-state index contributed by atoms with van der Waals surface area (Å²) in [5.74, 6) is -0.381. The van der Waals surface area contributed by atoms with E-state index in [0.29, 0.717) is 12.1 Å². The van der Waals surface area contributed by atoms with E-state index in [-0.39, 0.29) is 47.6 Å². The Balaban J connectivity index is 1.29. The smallest absolute Gasteiger partial charge is 0.251 e. The Labute approximate surface area is 217 Å². The molecule has 1 aliphatic carbocycles. The minimum absolute atomic E-state index is 0.00163. The van der Waals surface area contributed by atoms with Gasteiger partial charge in [-0.25, -0.2) is 4.39 Å². The lowest BCUT2D eigenvalue weighted by molar-refractivity contribution is -0.138. The molecule has 5 atom stereocenters. The maximum atomic E-state index is 14.3. The molecule has 2 heterocycles. The second-order valence-corrected chi connectivity index (χ2v) is 10.5. The third-order valence-corrected chi connectivity index (χ3v) is 8.40. The molecule has 1 saturated heterocycles. The van der Waals surface area contributed by atoms with Gasteiger partial charge in [-0.05, 0) is 54.7 Å². The van der Waals surface area contributed by atoms with Crippen LogP contribution in [0.4, 0.5) is 10.1 Å². The quantitative estimate of drug-likeness (QED) is 0.474. The summed E-state index contributed by atoms with van der Waals surface area (Å²) in [6, 6.07) is 24.0. The maximum Gasteiger partial charge on any atom is 0.251 e. The molecule has 2 fully saturated rings. The van der Waals surface area contributed by atoms with Crippen molar-refractivity contribution in [1.29, 1.82) is 0 Å². The standard InChI is InChI=1S/C31H32FN3O2/c32-22-15-16-23-27(19-22)33-28(20-9-3-1-4-10-20)25-17-18-35(29(23)25)31(37)24-13-7-8-14-26(24)34-30(36)21-11-5-2-6-12-21/h1-6,9-12,15-16,19,24-26,28-29,33H,7-8,13-14,17-18H2,(H,34,36)/t24-,25+,26+,28-,29-/m0/s1. The summed E-state index contributed by atoms with van der Waals surface area (Å²) in [6.07, 6.45) is 4.41. The molecule has 190 valence electrons. The highest BCUT2D eigenvalue weighted by Gasteiger charge is 2.48. The van der Waals surface area contributed by atoms with Crippen molar-refractivity contribution in [3.63, 3.8) is 0 Å². The number of hydrogen-bond donors (Lipinski definition) is 2. The van der Waals surface area contributed by atoms with Crippen LogP contribution in [0.1, 0.15) is 65.7 Å². The number of anilines is 1. The van der Waals surface area contributed by atoms with Gasteiger partial charge in [-0.3, -0.25) is 9.59 Å². The summed E-state index contributed by atoms with van der Waals surface area (Å²) in [7, 11) is 0. The van der Waals surface area contributed by atoms with Crippen LogP contribution in [-0.4, -0.2) is 29.3 Å². The van der Waals surface area contributed by atoms with Gasteiger partial charge >= 0.3 is 0 Å². The fourth-order valence-electron chi connectivity index (χ4n) is 6.64. The number of nitrogens with one attached hydrogen (secondary N) is 2. The number of fused-ring (bicyclic) bond motifs is 3. The second kappa shape index (κ2) is 10.0. The van der Waals surface area contributed by atoms with Crippen LogP contribution >= 0.6 is 0 Å². The molecule has 2 aliphatic heterocycles. The van der Waals surface area contributed by atoms with Gasteiger partial charge in [-0.2, -0.15) is 0 Å². The Bertz CT molecular complexity index is 1280. The molecule has 0 unspecified atom stereocenters. The SMILES string of the molecule is O=C(N[C@@H]1CCCC[C@@H]1C(=O)N1CC[C@@H]2[C@H](c3ccccc3)Nc3cc(F)ccc3[C@@H]21)c1ccccc1. The Hall–Kier alpha value is -3.67. The van der Waals surface area contributed by atoms with Gasteiger partial charge in [0.05, 0.1) is 18.0 Å². The molecule has 3 aromatic rings. The van der Waals surface area contributed by atoms with E-state index in [0.717, 1.165) is 48.9 Å². The molecule has 37 heavy (non-hydrogen) atoms. The summed E-state index contributed by atoms with van der Waals surface area (Å²) in [4.78, 5) is 29.2. The third kappa shape index (κ3) is 4.50. The van der Waals surface area contributed by atoms with Crippen molar-refractivity contribution >= 4 is 17.5 Å². The summed E-state index contributed by atoms with van der Waals surface area (Å²) < 4.78 is 14.3. The topological polar surface area (TPSA) is 61.4 Å². The number of carbonyl (C=O) groups excluding carboxylic acids is 2. The van der Waals surface area contributed by atoms with Crippen LogP contribution < -0.4 is 10.6 Å². The normalized spacial score (nSPS) is 26.5. The minimum atomic E-state index is -0.289. The second-order valence-electron chi connectivity index (χ2n) is 10.5. The van der Waals surface area contributed by atoms with Crippen molar-refractivity contribution in [1.82, 2.24) is 10.2 Å². The zero-order chi connectivity index (χ0) is 25.4. The monoisotopic (exact) mass is 497 g/mol. The van der Waals surface area contributed by atoms with E-state index >= 15 is 0 Å². The van der Waals surface area contributed by atoms with Crippen molar-refractivity contribution in [3.8, 4) is 0 Å². The number of halogens is 1. The zero-order valence-electron chi connectivity index (χ0n) is 20.8. The van der Waals surface area contributed by atoms with Crippen molar-refractivity contribution in [2.75, 3.05) is 11.9 Å². The average Bonchev–Trinajstić information content (AvgIpc) is 3.39. The summed E-state index contributed by atoms with van der Waals surface area (Å²) in [6.45, 7) is 0.659. The Kier molecular flexibility index (Phi) is 6.41. The van der Waals surface area contributed by atoms with Crippen LogP contribution in [-0.2, 0) is 4.79 Å². The number of rotatable bonds is 4. The lowest BCUT2D eigenvalue weighted by Crippen LogP contribution is -2.50. The number of carbonyl (C=O) groups is 2. The van der Waals surface area contributed by atoms with E-state index < -0.39 is 0 Å². The van der Waals surface area contributed by atoms with Gasteiger partial charge in [0, 0.05) is 29.8 Å². The number of nitrogens with zero attached hydrogens (tertiary/aromatic N) is 1. The van der Waals surface area contributed by atoms with E-state index in [2.05, 4.69) is 22.8 Å². The van der Waals surface area contributed by atoms with Crippen molar-refractivity contribution < 1.29 is 14.0 Å². The van der Waals surface area contributed by atoms with Crippen LogP contribution in [0, 0.1) is 17.7 Å². The van der Waals surface area contributed by atoms with E-state index in [1.165, 1.54) is 6.07 Å². The molecule has 5 nitrogen and oxygen atoms in total. The first-order chi connectivity index (χ1) is 18.1. The van der Waals surface area contributed by atoms with Gasteiger partial charge in [0.25, 0.3) is 5.91 Å². The molecule has 0 radical (unpaired) electrons. The zero-order valence-corrected chi connectivity index (χ0v) is 20.8. The molecule has 3 aliphatic rings. The summed E-state index contributed by atoms with van der Waals surface area (Å²) >= 11 is 0. The first kappa shape index (κ1) is 23.7. The Morgan fingerprint density at radius 2 is 1.62 bits per heavy atom. The number of benzene rings is 3. The average molecular weight is 498 g/mol. The largest absolute Gasteiger partial charge is 0.377 e. The molecule has 0 spiro atoms. The lowest BCUT2D eigenvalue weighted by Gasteiger charge is -2.42. The molecule has 6 rings (SSSR count). The summed E-state index contributed by atoms with van der Waals surface area (Å²) in [5, 5.41) is 6.76. The molecule has 6 heteroatoms. The van der Waals surface area contributed by atoms with Gasteiger partial charge in [0.2, 0.25) is 5.91 Å². The molecule has 0 bridgehead atoms. The Morgan fingerprint density at radius 1 is 0.892 bits per heavy atom. The van der Waals surface area contributed by atoms with Gasteiger partial charge in [-0.15, -0.1) is 0 Å². The maximum absolute atomic E-state index is 14.3. The molecule has 2 N–H and O–H groups in total. The van der Waals surface area contributed by atoms with Gasteiger partial charge in [0.15, 0.2) is 0 Å². The summed E-state index contributed by atoms with van der Waals surface area (Å²) in [5.41, 5.74) is 3.49.